The quantitative estimate of drug-likeness (QED) is 0.805. The molecule has 1 fully saturated rings. The maximum absolute atomic E-state index is 5.28. The number of fused-ring (bicyclic) bond motifs is 1. The fourth-order valence-corrected chi connectivity index (χ4v) is 3.28. The smallest absolute Gasteiger partial charge is 0.121 e. The van der Waals surface area contributed by atoms with Crippen LogP contribution < -0.4 is 4.74 Å². The average Bonchev–Trinajstić information content (AvgIpc) is 3.21. The molecule has 118 valence electrons. The Kier molecular flexibility index (Phi) is 3.71. The van der Waals surface area contributed by atoms with Crippen LogP contribution in [-0.2, 0) is 6.54 Å². The number of nitrogens with one attached hydrogen (secondary N) is 1. The van der Waals surface area contributed by atoms with E-state index in [0.29, 0.717) is 5.92 Å². The van der Waals surface area contributed by atoms with Gasteiger partial charge in [-0.15, -0.1) is 0 Å². The highest BCUT2D eigenvalue weighted by Gasteiger charge is 2.26. The summed E-state index contributed by atoms with van der Waals surface area (Å²) in [6, 6.07) is 10.1. The van der Waals surface area contributed by atoms with Crippen molar-refractivity contribution in [3.8, 4) is 5.75 Å². The Morgan fingerprint density at radius 2 is 2.30 bits per heavy atom. The number of H-pyrrole nitrogens is 1. The highest BCUT2D eigenvalue weighted by atomic mass is 16.5. The Morgan fingerprint density at radius 1 is 1.35 bits per heavy atom. The molecule has 0 spiro atoms. The van der Waals surface area contributed by atoms with Gasteiger partial charge in [-0.3, -0.25) is 9.88 Å². The first-order valence-corrected chi connectivity index (χ1v) is 7.97. The number of methoxy groups -OCH3 is 1. The molecule has 1 aliphatic rings. The predicted octanol–water partition coefficient (Wildman–Crippen LogP) is 2.96. The molecule has 3 heterocycles. The summed E-state index contributed by atoms with van der Waals surface area (Å²) in [6.45, 7) is 3.09. The van der Waals surface area contributed by atoms with Crippen molar-refractivity contribution >= 4 is 11.0 Å². The molecule has 1 aromatic carbocycles. The fourth-order valence-electron chi connectivity index (χ4n) is 3.28. The summed E-state index contributed by atoms with van der Waals surface area (Å²) in [7, 11) is 1.69. The molecule has 5 heteroatoms. The van der Waals surface area contributed by atoms with E-state index in [2.05, 4.69) is 20.9 Å². The molecule has 3 aromatic rings. The summed E-state index contributed by atoms with van der Waals surface area (Å²) in [5.41, 5.74) is 3.32. The third-order valence-corrected chi connectivity index (χ3v) is 4.50. The minimum atomic E-state index is 0.463. The van der Waals surface area contributed by atoms with Gasteiger partial charge in [0, 0.05) is 37.5 Å². The summed E-state index contributed by atoms with van der Waals surface area (Å²) in [6.07, 6.45) is 4.90. The van der Waals surface area contributed by atoms with Crippen molar-refractivity contribution in [2.75, 3.05) is 20.2 Å². The van der Waals surface area contributed by atoms with Crippen LogP contribution in [0.1, 0.15) is 23.7 Å². The van der Waals surface area contributed by atoms with Crippen LogP contribution in [0, 0.1) is 0 Å². The number of rotatable bonds is 4. The van der Waals surface area contributed by atoms with Crippen molar-refractivity contribution in [1.82, 2.24) is 19.9 Å². The average molecular weight is 308 g/mol. The third kappa shape index (κ3) is 2.92. The van der Waals surface area contributed by atoms with Gasteiger partial charge in [0.25, 0.3) is 0 Å². The number of likely N-dealkylation sites (tertiary alicyclic amines) is 1. The van der Waals surface area contributed by atoms with Crippen LogP contribution in [-0.4, -0.2) is 40.1 Å². The van der Waals surface area contributed by atoms with E-state index in [-0.39, 0.29) is 0 Å². The molecule has 4 rings (SSSR count). The predicted molar refractivity (Wildman–Crippen MR) is 89.5 cm³/mol. The van der Waals surface area contributed by atoms with Crippen LogP contribution in [0.15, 0.2) is 42.7 Å². The molecule has 2 aromatic heterocycles. The molecule has 5 nitrogen and oxygen atoms in total. The van der Waals surface area contributed by atoms with E-state index in [0.717, 1.165) is 48.7 Å². The van der Waals surface area contributed by atoms with E-state index in [4.69, 9.17) is 9.72 Å². The van der Waals surface area contributed by atoms with Crippen LogP contribution >= 0.6 is 0 Å². The van der Waals surface area contributed by atoms with E-state index in [1.54, 1.807) is 7.11 Å². The lowest BCUT2D eigenvalue weighted by atomic mass is 10.1. The minimum absolute atomic E-state index is 0.463. The van der Waals surface area contributed by atoms with Crippen molar-refractivity contribution < 1.29 is 4.74 Å². The second-order valence-corrected chi connectivity index (χ2v) is 6.09. The van der Waals surface area contributed by atoms with Crippen LogP contribution in [0.2, 0.25) is 0 Å². The Morgan fingerprint density at radius 3 is 3.13 bits per heavy atom. The number of ether oxygens (including phenoxy) is 1. The molecular formula is C18H20N4O. The van der Waals surface area contributed by atoms with Crippen molar-refractivity contribution in [3.63, 3.8) is 0 Å². The van der Waals surface area contributed by atoms with Crippen LogP contribution in [0.5, 0.6) is 5.75 Å². The summed E-state index contributed by atoms with van der Waals surface area (Å²) in [5.74, 6) is 2.41. The number of imidazole rings is 1. The van der Waals surface area contributed by atoms with Gasteiger partial charge in [0.15, 0.2) is 0 Å². The molecule has 0 amide bonds. The SMILES string of the molecule is COc1ccc2nc(C3CCN(Cc4cccnc4)C3)[nH]c2c1. The number of nitrogens with zero attached hydrogens (tertiary/aromatic N) is 3. The summed E-state index contributed by atoms with van der Waals surface area (Å²) >= 11 is 0. The summed E-state index contributed by atoms with van der Waals surface area (Å²) in [4.78, 5) is 14.9. The lowest BCUT2D eigenvalue weighted by Gasteiger charge is -2.15. The maximum Gasteiger partial charge on any atom is 0.121 e. The molecule has 1 saturated heterocycles. The van der Waals surface area contributed by atoms with Crippen molar-refractivity contribution in [2.45, 2.75) is 18.9 Å². The van der Waals surface area contributed by atoms with E-state index < -0.39 is 0 Å². The second-order valence-electron chi connectivity index (χ2n) is 6.09. The van der Waals surface area contributed by atoms with E-state index >= 15 is 0 Å². The van der Waals surface area contributed by atoms with Crippen LogP contribution in [0.4, 0.5) is 0 Å². The van der Waals surface area contributed by atoms with Gasteiger partial charge in [0.05, 0.1) is 18.1 Å². The number of hydrogen-bond donors (Lipinski definition) is 1. The highest BCUT2D eigenvalue weighted by molar-refractivity contribution is 5.76. The first kappa shape index (κ1) is 14.2. The Bertz CT molecular complexity index is 799. The lowest BCUT2D eigenvalue weighted by molar-refractivity contribution is 0.325. The van der Waals surface area contributed by atoms with Gasteiger partial charge in [-0.25, -0.2) is 4.98 Å². The molecule has 0 radical (unpaired) electrons. The normalized spacial score (nSPS) is 18.6. The molecule has 0 saturated carbocycles. The molecular weight excluding hydrogens is 288 g/mol. The highest BCUT2D eigenvalue weighted by Crippen LogP contribution is 2.28. The standard InChI is InChI=1S/C18H20N4O/c1-23-15-4-5-16-17(9-15)21-18(20-16)14-6-8-22(12-14)11-13-3-2-7-19-10-13/h2-5,7,9-10,14H,6,8,11-12H2,1H3,(H,20,21). The number of aromatic amines is 1. The second kappa shape index (κ2) is 6.01. The van der Waals surface area contributed by atoms with E-state index in [1.807, 2.05) is 36.7 Å². The summed E-state index contributed by atoms with van der Waals surface area (Å²) in [5, 5.41) is 0. The largest absolute Gasteiger partial charge is 0.497 e. The molecule has 1 N–H and O–H groups in total. The van der Waals surface area contributed by atoms with Gasteiger partial charge in [-0.2, -0.15) is 0 Å². The Labute approximate surface area is 135 Å². The maximum atomic E-state index is 5.28. The van der Waals surface area contributed by atoms with Crippen LogP contribution in [0.25, 0.3) is 11.0 Å². The van der Waals surface area contributed by atoms with Gasteiger partial charge < -0.3 is 9.72 Å². The minimum Gasteiger partial charge on any atom is -0.497 e. The van der Waals surface area contributed by atoms with Crippen molar-refractivity contribution in [3.05, 3.63) is 54.1 Å². The third-order valence-electron chi connectivity index (χ3n) is 4.50. The Balaban J connectivity index is 1.49. The number of benzene rings is 1. The van der Waals surface area contributed by atoms with Crippen molar-refractivity contribution in [1.29, 1.82) is 0 Å². The lowest BCUT2D eigenvalue weighted by Crippen LogP contribution is -2.20. The van der Waals surface area contributed by atoms with E-state index in [9.17, 15) is 0 Å². The van der Waals surface area contributed by atoms with E-state index in [1.165, 1.54) is 5.56 Å². The zero-order valence-electron chi connectivity index (χ0n) is 13.2. The number of aromatic nitrogens is 3. The van der Waals surface area contributed by atoms with Gasteiger partial charge >= 0.3 is 0 Å². The van der Waals surface area contributed by atoms with Crippen LogP contribution in [0.3, 0.4) is 0 Å². The van der Waals surface area contributed by atoms with Gasteiger partial charge in [-0.1, -0.05) is 6.07 Å². The first-order chi connectivity index (χ1) is 11.3. The fraction of sp³-hybridized carbons (Fsp3) is 0.333. The van der Waals surface area contributed by atoms with Crippen molar-refractivity contribution in [2.24, 2.45) is 0 Å². The number of pyridine rings is 1. The first-order valence-electron chi connectivity index (χ1n) is 7.97. The molecule has 0 bridgehead atoms. The molecule has 23 heavy (non-hydrogen) atoms. The molecule has 1 unspecified atom stereocenters. The number of hydrogen-bond acceptors (Lipinski definition) is 4. The summed E-state index contributed by atoms with van der Waals surface area (Å²) < 4.78 is 5.28. The van der Waals surface area contributed by atoms with Gasteiger partial charge in [-0.05, 0) is 36.7 Å². The van der Waals surface area contributed by atoms with Gasteiger partial charge in [0.2, 0.25) is 0 Å². The zero-order chi connectivity index (χ0) is 15.6. The monoisotopic (exact) mass is 308 g/mol. The topological polar surface area (TPSA) is 54.0 Å². The Hall–Kier alpha value is -2.40. The molecule has 1 atom stereocenters. The molecule has 1 aliphatic heterocycles. The van der Waals surface area contributed by atoms with Gasteiger partial charge in [0.1, 0.15) is 11.6 Å². The zero-order valence-corrected chi connectivity index (χ0v) is 13.2. The molecule has 0 aliphatic carbocycles.